The molecule has 3 rings (SSSR count). The third kappa shape index (κ3) is 1.47. The number of aryl methyl sites for hydroxylation is 1. The molecule has 1 heterocycles. The molecule has 1 aliphatic carbocycles. The van der Waals surface area contributed by atoms with E-state index in [-0.39, 0.29) is 0 Å². The number of benzene rings is 1. The molecule has 80 valence electrons. The van der Waals surface area contributed by atoms with Gasteiger partial charge in [-0.1, -0.05) is 0 Å². The van der Waals surface area contributed by atoms with Crippen LogP contribution in [0.25, 0.3) is 0 Å². The first kappa shape index (κ1) is 9.04. The number of fused-ring (bicyclic) bond motifs is 2. The normalized spacial score (nSPS) is 22.6. The molecular weight excluding hydrogens is 190 g/mol. The Balaban J connectivity index is 1.97. The van der Waals surface area contributed by atoms with Crippen molar-refractivity contribution in [3.05, 3.63) is 23.3 Å². The Morgan fingerprint density at radius 1 is 1.20 bits per heavy atom. The number of hydrogen-bond donors (Lipinski definition) is 1. The number of nitrogens with one attached hydrogen (secondary N) is 1. The van der Waals surface area contributed by atoms with Gasteiger partial charge in [0.05, 0.1) is 0 Å². The fourth-order valence-electron chi connectivity index (χ4n) is 2.39. The Morgan fingerprint density at radius 3 is 2.67 bits per heavy atom. The van der Waals surface area contributed by atoms with Crippen molar-refractivity contribution in [3.8, 4) is 11.5 Å². The Kier molecular flexibility index (Phi) is 2.06. The summed E-state index contributed by atoms with van der Waals surface area (Å²) in [5.74, 6) is 1.82. The predicted molar refractivity (Wildman–Crippen MR) is 57.4 cm³/mol. The lowest BCUT2D eigenvalue weighted by Crippen LogP contribution is -2.31. The van der Waals surface area contributed by atoms with Gasteiger partial charge >= 0.3 is 0 Å². The largest absolute Gasteiger partial charge is 0.454 e. The van der Waals surface area contributed by atoms with Gasteiger partial charge in [0.25, 0.3) is 0 Å². The average Bonchev–Trinajstić information content (AvgIpc) is 2.72. The number of rotatable bonds is 1. The molecular formula is C12H15NO2. The van der Waals surface area contributed by atoms with Crippen molar-refractivity contribution < 1.29 is 9.47 Å². The van der Waals surface area contributed by atoms with Crippen molar-refractivity contribution in [1.29, 1.82) is 0 Å². The minimum Gasteiger partial charge on any atom is -0.454 e. The Bertz CT molecular complexity index is 389. The van der Waals surface area contributed by atoms with Gasteiger partial charge < -0.3 is 14.8 Å². The fourth-order valence-corrected chi connectivity index (χ4v) is 2.39. The van der Waals surface area contributed by atoms with Gasteiger partial charge in [-0.05, 0) is 49.6 Å². The van der Waals surface area contributed by atoms with Crippen LogP contribution in [-0.2, 0) is 12.8 Å². The topological polar surface area (TPSA) is 30.5 Å². The number of ether oxygens (including phenoxy) is 2. The van der Waals surface area contributed by atoms with Crippen LogP contribution in [0.3, 0.4) is 0 Å². The monoisotopic (exact) mass is 205 g/mol. The first-order valence-electron chi connectivity index (χ1n) is 5.45. The Morgan fingerprint density at radius 2 is 1.93 bits per heavy atom. The molecule has 0 saturated heterocycles. The zero-order valence-corrected chi connectivity index (χ0v) is 8.88. The van der Waals surface area contributed by atoms with Gasteiger partial charge in [0.15, 0.2) is 11.5 Å². The van der Waals surface area contributed by atoms with E-state index in [0.29, 0.717) is 12.8 Å². The molecule has 1 N–H and O–H groups in total. The molecule has 1 aromatic carbocycles. The third-order valence-corrected chi connectivity index (χ3v) is 3.33. The predicted octanol–water partition coefficient (Wildman–Crippen LogP) is 1.49. The van der Waals surface area contributed by atoms with Crippen LogP contribution in [0, 0.1) is 0 Å². The quantitative estimate of drug-likeness (QED) is 0.753. The zero-order valence-electron chi connectivity index (χ0n) is 8.88. The van der Waals surface area contributed by atoms with Crippen molar-refractivity contribution in [1.82, 2.24) is 5.32 Å². The lowest BCUT2D eigenvalue weighted by molar-refractivity contribution is 0.174. The number of hydrogen-bond acceptors (Lipinski definition) is 3. The Hall–Kier alpha value is -1.22. The SMILES string of the molecule is CN[C@@H]1CCc2cc3c(cc2C1)OCO3. The molecule has 0 aromatic heterocycles. The molecule has 0 saturated carbocycles. The smallest absolute Gasteiger partial charge is 0.231 e. The molecule has 2 aliphatic rings. The molecule has 1 aromatic rings. The van der Waals surface area contributed by atoms with Gasteiger partial charge in [-0.3, -0.25) is 0 Å². The van der Waals surface area contributed by atoms with E-state index in [4.69, 9.17) is 9.47 Å². The maximum absolute atomic E-state index is 5.39. The molecule has 0 fully saturated rings. The van der Waals surface area contributed by atoms with E-state index in [2.05, 4.69) is 17.4 Å². The van der Waals surface area contributed by atoms with Crippen molar-refractivity contribution in [2.75, 3.05) is 13.8 Å². The molecule has 3 heteroatoms. The standard InChI is InChI=1S/C12H15NO2/c1-13-10-3-2-8-5-11-12(15-7-14-11)6-9(8)4-10/h5-6,10,13H,2-4,7H2,1H3/t10-/m1/s1. The summed E-state index contributed by atoms with van der Waals surface area (Å²) in [4.78, 5) is 0. The van der Waals surface area contributed by atoms with Crippen molar-refractivity contribution in [2.45, 2.75) is 25.3 Å². The minimum absolute atomic E-state index is 0.369. The highest BCUT2D eigenvalue weighted by molar-refractivity contribution is 5.49. The Labute approximate surface area is 89.4 Å². The maximum atomic E-state index is 5.39. The number of likely N-dealkylation sites (N-methyl/N-ethyl adjacent to an activating group) is 1. The molecule has 15 heavy (non-hydrogen) atoms. The molecule has 0 bridgehead atoms. The van der Waals surface area contributed by atoms with E-state index in [1.54, 1.807) is 0 Å². The van der Waals surface area contributed by atoms with Gasteiger partial charge in [0.1, 0.15) is 0 Å². The third-order valence-electron chi connectivity index (χ3n) is 3.33. The van der Waals surface area contributed by atoms with E-state index in [1.807, 2.05) is 7.05 Å². The molecule has 0 spiro atoms. The fraction of sp³-hybridized carbons (Fsp3) is 0.500. The van der Waals surface area contributed by atoms with Crippen LogP contribution >= 0.6 is 0 Å². The highest BCUT2D eigenvalue weighted by Crippen LogP contribution is 2.37. The second kappa shape index (κ2) is 3.42. The highest BCUT2D eigenvalue weighted by atomic mass is 16.7. The van der Waals surface area contributed by atoms with Gasteiger partial charge in [-0.2, -0.15) is 0 Å². The lowest BCUT2D eigenvalue weighted by Gasteiger charge is -2.24. The van der Waals surface area contributed by atoms with Crippen LogP contribution < -0.4 is 14.8 Å². The summed E-state index contributed by atoms with van der Waals surface area (Å²) in [6.45, 7) is 0.369. The lowest BCUT2D eigenvalue weighted by atomic mass is 9.88. The summed E-state index contributed by atoms with van der Waals surface area (Å²) in [7, 11) is 2.03. The van der Waals surface area contributed by atoms with E-state index < -0.39 is 0 Å². The molecule has 3 nitrogen and oxygen atoms in total. The van der Waals surface area contributed by atoms with Crippen LogP contribution in [0.15, 0.2) is 12.1 Å². The summed E-state index contributed by atoms with van der Waals surface area (Å²) < 4.78 is 10.8. The van der Waals surface area contributed by atoms with E-state index in [0.717, 1.165) is 24.3 Å². The van der Waals surface area contributed by atoms with Crippen LogP contribution in [0.1, 0.15) is 17.5 Å². The second-order valence-electron chi connectivity index (χ2n) is 4.20. The molecule has 1 atom stereocenters. The summed E-state index contributed by atoms with van der Waals surface area (Å²) in [5.41, 5.74) is 2.83. The second-order valence-corrected chi connectivity index (χ2v) is 4.20. The van der Waals surface area contributed by atoms with Crippen molar-refractivity contribution in [2.24, 2.45) is 0 Å². The van der Waals surface area contributed by atoms with E-state index in [1.165, 1.54) is 17.5 Å². The maximum Gasteiger partial charge on any atom is 0.231 e. The zero-order chi connectivity index (χ0) is 10.3. The van der Waals surface area contributed by atoms with Crippen molar-refractivity contribution >= 4 is 0 Å². The van der Waals surface area contributed by atoms with Gasteiger partial charge in [-0.25, -0.2) is 0 Å². The van der Waals surface area contributed by atoms with Crippen LogP contribution in [0.5, 0.6) is 11.5 Å². The molecule has 1 aliphatic heterocycles. The molecule has 0 radical (unpaired) electrons. The van der Waals surface area contributed by atoms with Crippen LogP contribution in [-0.4, -0.2) is 19.9 Å². The van der Waals surface area contributed by atoms with Crippen LogP contribution in [0.4, 0.5) is 0 Å². The summed E-state index contributed by atoms with van der Waals surface area (Å²) >= 11 is 0. The molecule has 0 amide bonds. The van der Waals surface area contributed by atoms with E-state index in [9.17, 15) is 0 Å². The highest BCUT2D eigenvalue weighted by Gasteiger charge is 2.22. The summed E-state index contributed by atoms with van der Waals surface area (Å²) in [6.07, 6.45) is 3.45. The summed E-state index contributed by atoms with van der Waals surface area (Å²) in [5, 5.41) is 3.34. The van der Waals surface area contributed by atoms with Crippen molar-refractivity contribution in [3.63, 3.8) is 0 Å². The van der Waals surface area contributed by atoms with Crippen LogP contribution in [0.2, 0.25) is 0 Å². The van der Waals surface area contributed by atoms with Gasteiger partial charge in [0.2, 0.25) is 6.79 Å². The van der Waals surface area contributed by atoms with Gasteiger partial charge in [0, 0.05) is 6.04 Å². The van der Waals surface area contributed by atoms with Gasteiger partial charge in [-0.15, -0.1) is 0 Å². The average molecular weight is 205 g/mol. The summed E-state index contributed by atoms with van der Waals surface area (Å²) in [6, 6.07) is 4.89. The minimum atomic E-state index is 0.369. The van der Waals surface area contributed by atoms with E-state index >= 15 is 0 Å². The first-order chi connectivity index (χ1) is 7.36. The first-order valence-corrected chi connectivity index (χ1v) is 5.45. The molecule has 0 unspecified atom stereocenters.